The Balaban J connectivity index is 1.98. The number of rotatable bonds is 2. The average Bonchev–Trinajstić information content (AvgIpc) is 2.94. The number of hydrogen-bond acceptors (Lipinski definition) is 6. The van der Waals surface area contributed by atoms with Gasteiger partial charge in [0.2, 0.25) is 5.71 Å². The van der Waals surface area contributed by atoms with Gasteiger partial charge in [-0.2, -0.15) is 10.0 Å². The molecule has 0 aromatic heterocycles. The molecule has 2 atom stereocenters. The number of ether oxygens (including phenoxy) is 1. The van der Waals surface area contributed by atoms with Crippen molar-refractivity contribution in [3.8, 4) is 0 Å². The van der Waals surface area contributed by atoms with Crippen molar-refractivity contribution < 1.29 is 14.2 Å². The molecule has 1 fully saturated rings. The smallest absolute Gasteiger partial charge is 0.205 e. The Morgan fingerprint density at radius 3 is 2.73 bits per heavy atom. The van der Waals surface area contributed by atoms with E-state index in [-0.39, 0.29) is 22.6 Å². The van der Waals surface area contributed by atoms with Crippen LogP contribution in [0, 0.1) is 21.7 Å². The van der Waals surface area contributed by atoms with Crippen molar-refractivity contribution in [2.75, 3.05) is 26.3 Å². The molecule has 2 unspecified atom stereocenters. The van der Waals surface area contributed by atoms with Crippen LogP contribution >= 0.6 is 0 Å². The van der Waals surface area contributed by atoms with Crippen LogP contribution in [0.25, 0.3) is 0 Å². The van der Waals surface area contributed by atoms with E-state index in [4.69, 9.17) is 4.74 Å². The number of nitrogens with zero attached hydrogens (tertiary/aromatic N) is 5. The Labute approximate surface area is 128 Å². The Morgan fingerprint density at radius 1 is 1.32 bits per heavy atom. The van der Waals surface area contributed by atoms with E-state index in [0.29, 0.717) is 18.9 Å². The normalized spacial score (nSPS) is 27.6. The molecule has 1 saturated heterocycles. The molecule has 0 bridgehead atoms. The SMILES string of the molecule is CC(C)(C=[N+]1CCOCC1)C1C(=[N+]([O-])[O-])C=CC2=NN=NC21. The summed E-state index contributed by atoms with van der Waals surface area (Å²) in [6.45, 7) is 6.96. The monoisotopic (exact) mass is 305 g/mol. The number of morpholine rings is 1. The van der Waals surface area contributed by atoms with Gasteiger partial charge in [0.15, 0.2) is 13.1 Å². The summed E-state index contributed by atoms with van der Waals surface area (Å²) < 4.78 is 7.52. The van der Waals surface area contributed by atoms with Gasteiger partial charge in [0.05, 0.1) is 17.0 Å². The first-order valence-corrected chi connectivity index (χ1v) is 7.34. The summed E-state index contributed by atoms with van der Waals surface area (Å²) >= 11 is 0. The molecule has 1 aliphatic carbocycles. The molecule has 0 radical (unpaired) electrons. The zero-order valence-electron chi connectivity index (χ0n) is 12.7. The van der Waals surface area contributed by atoms with Crippen LogP contribution < -0.4 is 0 Å². The quantitative estimate of drug-likeness (QED) is 0.431. The fraction of sp³-hybridized carbons (Fsp3) is 0.643. The van der Waals surface area contributed by atoms with Crippen molar-refractivity contribution in [2.45, 2.75) is 19.9 Å². The summed E-state index contributed by atoms with van der Waals surface area (Å²) in [5, 5.41) is 34.7. The van der Waals surface area contributed by atoms with Crippen molar-refractivity contribution in [3.63, 3.8) is 0 Å². The lowest BCUT2D eigenvalue weighted by Crippen LogP contribution is -2.48. The Hall–Kier alpha value is -2.09. The zero-order valence-corrected chi connectivity index (χ0v) is 12.7. The minimum atomic E-state index is -0.445. The van der Waals surface area contributed by atoms with Crippen LogP contribution in [0.3, 0.4) is 0 Å². The first-order chi connectivity index (χ1) is 10.5. The number of allylic oxidation sites excluding steroid dienone is 1. The predicted octanol–water partition coefficient (Wildman–Crippen LogP) is 0.952. The first kappa shape index (κ1) is 14.8. The van der Waals surface area contributed by atoms with Gasteiger partial charge in [-0.15, -0.1) is 5.10 Å². The van der Waals surface area contributed by atoms with Gasteiger partial charge in [0.1, 0.15) is 25.5 Å². The molecule has 0 spiro atoms. The van der Waals surface area contributed by atoms with Crippen molar-refractivity contribution in [1.29, 1.82) is 0 Å². The minimum absolute atomic E-state index is 0.166. The Bertz CT molecular complexity index is 606. The van der Waals surface area contributed by atoms with Crippen LogP contribution in [0.15, 0.2) is 27.6 Å². The Morgan fingerprint density at radius 2 is 2.05 bits per heavy atom. The molecule has 22 heavy (non-hydrogen) atoms. The van der Waals surface area contributed by atoms with Crippen LogP contribution in [0.2, 0.25) is 0 Å². The summed E-state index contributed by atoms with van der Waals surface area (Å²) in [6.07, 6.45) is 5.25. The van der Waals surface area contributed by atoms with Gasteiger partial charge in [-0.05, 0) is 25.1 Å². The van der Waals surface area contributed by atoms with Gasteiger partial charge in [-0.25, -0.2) is 4.58 Å². The number of fused-ring (bicyclic) bond motifs is 1. The fourth-order valence-electron chi connectivity index (χ4n) is 3.28. The standard InChI is InChI=1S/C14H19N5O3/c1-14(2,9-18-5-7-22-8-6-18)12-11(19(20)21)4-3-10-13(12)16-17-15-10/h3-4,9,12-13H,5-8H2,1-2H3. The maximum Gasteiger partial charge on any atom is 0.205 e. The molecule has 2 aliphatic heterocycles. The van der Waals surface area contributed by atoms with E-state index in [2.05, 4.69) is 26.2 Å². The van der Waals surface area contributed by atoms with Crippen LogP contribution in [-0.4, -0.2) is 59.5 Å². The van der Waals surface area contributed by atoms with Crippen LogP contribution in [-0.2, 0) is 4.74 Å². The molecule has 2 heterocycles. The third kappa shape index (κ3) is 2.66. The lowest BCUT2D eigenvalue weighted by atomic mass is 9.69. The molecule has 8 nitrogen and oxygen atoms in total. The van der Waals surface area contributed by atoms with E-state index < -0.39 is 5.41 Å². The highest BCUT2D eigenvalue weighted by Gasteiger charge is 2.48. The van der Waals surface area contributed by atoms with E-state index in [0.717, 1.165) is 13.1 Å². The summed E-state index contributed by atoms with van der Waals surface area (Å²) in [5.74, 6) is -0.389. The van der Waals surface area contributed by atoms with Gasteiger partial charge >= 0.3 is 0 Å². The maximum atomic E-state index is 11.4. The summed E-state index contributed by atoms with van der Waals surface area (Å²) in [5.41, 5.74) is 0.414. The van der Waals surface area contributed by atoms with Crippen molar-refractivity contribution in [2.24, 2.45) is 26.8 Å². The van der Waals surface area contributed by atoms with E-state index >= 15 is 0 Å². The summed E-state index contributed by atoms with van der Waals surface area (Å²) in [7, 11) is 0. The van der Waals surface area contributed by atoms with Gasteiger partial charge < -0.3 is 15.2 Å². The van der Waals surface area contributed by atoms with Crippen LogP contribution in [0.5, 0.6) is 0 Å². The Kier molecular flexibility index (Phi) is 3.78. The number of hydrogen-bond donors (Lipinski definition) is 0. The molecule has 118 valence electrons. The summed E-state index contributed by atoms with van der Waals surface area (Å²) in [6, 6.07) is -0.377. The fourth-order valence-corrected chi connectivity index (χ4v) is 3.28. The first-order valence-electron chi connectivity index (χ1n) is 7.34. The molecular formula is C14H19N5O3. The molecule has 0 aromatic carbocycles. The lowest BCUT2D eigenvalue weighted by molar-refractivity contribution is -0.548. The van der Waals surface area contributed by atoms with Gasteiger partial charge in [-0.3, -0.25) is 0 Å². The predicted molar refractivity (Wildman–Crippen MR) is 81.4 cm³/mol. The second-order valence-electron chi connectivity index (χ2n) is 6.27. The van der Waals surface area contributed by atoms with Gasteiger partial charge in [-0.1, -0.05) is 0 Å². The molecule has 0 saturated carbocycles. The molecule has 0 amide bonds. The van der Waals surface area contributed by atoms with Crippen molar-refractivity contribution in [3.05, 3.63) is 22.6 Å². The highest BCUT2D eigenvalue weighted by atomic mass is 16.8. The lowest BCUT2D eigenvalue weighted by Gasteiger charge is -2.33. The average molecular weight is 305 g/mol. The highest BCUT2D eigenvalue weighted by molar-refractivity contribution is 6.13. The van der Waals surface area contributed by atoms with E-state index in [1.54, 1.807) is 6.08 Å². The van der Waals surface area contributed by atoms with Crippen LogP contribution in [0.4, 0.5) is 0 Å². The van der Waals surface area contributed by atoms with E-state index in [1.165, 1.54) is 6.08 Å². The third-order valence-corrected chi connectivity index (χ3v) is 4.27. The summed E-state index contributed by atoms with van der Waals surface area (Å²) in [4.78, 5) is -0.319. The van der Waals surface area contributed by atoms with Crippen molar-refractivity contribution in [1.82, 2.24) is 0 Å². The second-order valence-corrected chi connectivity index (χ2v) is 6.27. The molecule has 3 aliphatic rings. The molecule has 8 heteroatoms. The molecular weight excluding hydrogens is 286 g/mol. The van der Waals surface area contributed by atoms with Crippen molar-refractivity contribution >= 4 is 17.6 Å². The van der Waals surface area contributed by atoms with E-state index in [9.17, 15) is 10.4 Å². The highest BCUT2D eigenvalue weighted by Crippen LogP contribution is 2.36. The largest absolute Gasteiger partial charge is 0.612 e. The second kappa shape index (κ2) is 5.60. The molecule has 3 rings (SSSR count). The zero-order chi connectivity index (χ0) is 15.7. The van der Waals surface area contributed by atoms with Crippen LogP contribution in [0.1, 0.15) is 13.8 Å². The maximum absolute atomic E-state index is 11.4. The molecule has 0 N–H and O–H groups in total. The molecule has 0 aromatic rings. The topological polar surface area (TPSA) is 98.5 Å². The van der Waals surface area contributed by atoms with Gasteiger partial charge in [0.25, 0.3) is 0 Å². The van der Waals surface area contributed by atoms with Gasteiger partial charge in [0, 0.05) is 6.08 Å². The van der Waals surface area contributed by atoms with E-state index in [1.807, 2.05) is 13.8 Å². The minimum Gasteiger partial charge on any atom is -0.612 e. The third-order valence-electron chi connectivity index (χ3n) is 4.27.